The largest absolute Gasteiger partial charge is 0.332 e. The van der Waals surface area contributed by atoms with Crippen LogP contribution in [-0.4, -0.2) is 67.8 Å². The maximum absolute atomic E-state index is 12.8. The lowest BCUT2D eigenvalue weighted by Gasteiger charge is -2.34. The van der Waals surface area contributed by atoms with Crippen molar-refractivity contribution in [3.05, 3.63) is 63.1 Å². The molecule has 0 bridgehead atoms. The molecular formula is C22H30N6O2. The molecule has 1 aromatic carbocycles. The molecule has 0 atom stereocenters. The Labute approximate surface area is 176 Å². The van der Waals surface area contributed by atoms with E-state index in [1.54, 1.807) is 25.0 Å². The molecule has 0 unspecified atom stereocenters. The van der Waals surface area contributed by atoms with Gasteiger partial charge in [0.1, 0.15) is 0 Å². The minimum atomic E-state index is -0.295. The third kappa shape index (κ3) is 4.24. The summed E-state index contributed by atoms with van der Waals surface area (Å²) in [7, 11) is 3.45. The minimum Gasteiger partial charge on any atom is -0.328 e. The summed E-state index contributed by atoms with van der Waals surface area (Å²) in [5, 5.41) is 0. The lowest BCUT2D eigenvalue weighted by atomic mass is 10.1. The van der Waals surface area contributed by atoms with Crippen molar-refractivity contribution < 1.29 is 0 Å². The van der Waals surface area contributed by atoms with Crippen LogP contribution in [0.1, 0.15) is 12.0 Å². The van der Waals surface area contributed by atoms with Gasteiger partial charge in [-0.3, -0.25) is 13.9 Å². The molecule has 160 valence electrons. The number of aromatic nitrogens is 4. The summed E-state index contributed by atoms with van der Waals surface area (Å²) in [6, 6.07) is 10.6. The van der Waals surface area contributed by atoms with Crippen LogP contribution in [0.5, 0.6) is 0 Å². The van der Waals surface area contributed by atoms with Gasteiger partial charge < -0.3 is 14.4 Å². The van der Waals surface area contributed by atoms with E-state index in [1.807, 2.05) is 0 Å². The Morgan fingerprint density at radius 1 is 0.900 bits per heavy atom. The fourth-order valence-electron chi connectivity index (χ4n) is 4.21. The van der Waals surface area contributed by atoms with Crippen LogP contribution in [-0.2, 0) is 27.1 Å². The molecular weight excluding hydrogens is 380 g/mol. The molecule has 1 saturated heterocycles. The van der Waals surface area contributed by atoms with Crippen molar-refractivity contribution in [1.82, 2.24) is 28.5 Å². The monoisotopic (exact) mass is 410 g/mol. The van der Waals surface area contributed by atoms with Crippen molar-refractivity contribution in [2.75, 3.05) is 39.3 Å². The highest BCUT2D eigenvalue weighted by molar-refractivity contribution is 5.69. The number of rotatable bonds is 7. The highest BCUT2D eigenvalue weighted by Gasteiger charge is 2.18. The van der Waals surface area contributed by atoms with E-state index >= 15 is 0 Å². The van der Waals surface area contributed by atoms with Gasteiger partial charge in [0.25, 0.3) is 5.56 Å². The average Bonchev–Trinajstić information content (AvgIpc) is 3.16. The molecule has 8 heteroatoms. The molecule has 0 saturated carbocycles. The van der Waals surface area contributed by atoms with E-state index in [9.17, 15) is 9.59 Å². The number of imidazole rings is 1. The number of nitrogens with zero attached hydrogens (tertiary/aromatic N) is 6. The van der Waals surface area contributed by atoms with Gasteiger partial charge in [0.2, 0.25) is 0 Å². The lowest BCUT2D eigenvalue weighted by Crippen LogP contribution is -2.47. The van der Waals surface area contributed by atoms with E-state index in [2.05, 4.69) is 45.1 Å². The number of piperazine rings is 1. The van der Waals surface area contributed by atoms with Gasteiger partial charge in [0.05, 0.1) is 6.33 Å². The van der Waals surface area contributed by atoms with Gasteiger partial charge in [-0.1, -0.05) is 30.3 Å². The number of fused-ring (bicyclic) bond motifs is 1. The Morgan fingerprint density at radius 3 is 2.27 bits per heavy atom. The van der Waals surface area contributed by atoms with E-state index in [4.69, 9.17) is 0 Å². The molecule has 4 rings (SSSR count). The molecule has 1 fully saturated rings. The van der Waals surface area contributed by atoms with Crippen LogP contribution in [0.2, 0.25) is 0 Å². The predicted octanol–water partition coefficient (Wildman–Crippen LogP) is 0.684. The van der Waals surface area contributed by atoms with Gasteiger partial charge in [0, 0.05) is 53.4 Å². The highest BCUT2D eigenvalue weighted by Crippen LogP contribution is 2.07. The summed E-state index contributed by atoms with van der Waals surface area (Å²) in [5.74, 6) is 0. The molecule has 0 radical (unpaired) electrons. The van der Waals surface area contributed by atoms with E-state index in [-0.39, 0.29) is 11.2 Å². The maximum atomic E-state index is 12.8. The van der Waals surface area contributed by atoms with E-state index in [0.29, 0.717) is 17.7 Å². The van der Waals surface area contributed by atoms with Crippen molar-refractivity contribution in [3.63, 3.8) is 0 Å². The second-order valence-electron chi connectivity index (χ2n) is 8.10. The van der Waals surface area contributed by atoms with Gasteiger partial charge in [-0.2, -0.15) is 0 Å². The number of hydrogen-bond donors (Lipinski definition) is 0. The molecule has 3 aromatic rings. The van der Waals surface area contributed by atoms with E-state index in [0.717, 1.165) is 52.1 Å². The zero-order valence-electron chi connectivity index (χ0n) is 17.8. The van der Waals surface area contributed by atoms with Crippen LogP contribution < -0.4 is 11.2 Å². The van der Waals surface area contributed by atoms with Crippen molar-refractivity contribution in [3.8, 4) is 0 Å². The Balaban J connectivity index is 1.28. The standard InChI is InChI=1S/C22H30N6O2/c1-24-17-23-20-19(24)21(29)28(22(30)25(20)2)11-6-10-26-13-15-27(16-14-26)12-9-18-7-4-3-5-8-18/h3-5,7-8,17H,6,9-16H2,1-2H3. The molecule has 2 aromatic heterocycles. The predicted molar refractivity (Wildman–Crippen MR) is 118 cm³/mol. The number of benzene rings is 1. The second kappa shape index (κ2) is 8.97. The van der Waals surface area contributed by atoms with Gasteiger partial charge in [-0.25, -0.2) is 9.78 Å². The first kappa shape index (κ1) is 20.6. The first-order valence-electron chi connectivity index (χ1n) is 10.6. The third-order valence-electron chi connectivity index (χ3n) is 6.08. The average molecular weight is 411 g/mol. The van der Waals surface area contributed by atoms with E-state index in [1.165, 1.54) is 14.7 Å². The van der Waals surface area contributed by atoms with Gasteiger partial charge >= 0.3 is 5.69 Å². The van der Waals surface area contributed by atoms with Gasteiger partial charge in [-0.15, -0.1) is 0 Å². The van der Waals surface area contributed by atoms with Crippen LogP contribution in [0.25, 0.3) is 11.2 Å². The fourth-order valence-corrected chi connectivity index (χ4v) is 4.21. The molecule has 0 spiro atoms. The molecule has 3 heterocycles. The highest BCUT2D eigenvalue weighted by atomic mass is 16.2. The number of aryl methyl sites for hydroxylation is 2. The Morgan fingerprint density at radius 2 is 1.57 bits per heavy atom. The normalized spacial score (nSPS) is 15.8. The Bertz CT molecular complexity index is 1110. The lowest BCUT2D eigenvalue weighted by molar-refractivity contribution is 0.131. The molecule has 0 N–H and O–H groups in total. The zero-order chi connectivity index (χ0) is 21.1. The second-order valence-corrected chi connectivity index (χ2v) is 8.10. The van der Waals surface area contributed by atoms with Gasteiger partial charge in [0.15, 0.2) is 11.2 Å². The molecule has 0 amide bonds. The van der Waals surface area contributed by atoms with Crippen molar-refractivity contribution >= 4 is 11.2 Å². The van der Waals surface area contributed by atoms with Crippen LogP contribution in [0.4, 0.5) is 0 Å². The third-order valence-corrected chi connectivity index (χ3v) is 6.08. The molecule has 1 aliphatic heterocycles. The van der Waals surface area contributed by atoms with Crippen LogP contribution in [0.15, 0.2) is 46.2 Å². The molecule has 0 aliphatic carbocycles. The first-order valence-corrected chi connectivity index (χ1v) is 10.6. The van der Waals surface area contributed by atoms with Crippen molar-refractivity contribution in [2.45, 2.75) is 19.4 Å². The minimum absolute atomic E-state index is 0.251. The summed E-state index contributed by atoms with van der Waals surface area (Å²) in [6.45, 7) is 6.61. The smallest absolute Gasteiger partial charge is 0.328 e. The molecule has 1 aliphatic rings. The maximum Gasteiger partial charge on any atom is 0.332 e. The topological polar surface area (TPSA) is 68.3 Å². The first-order chi connectivity index (χ1) is 14.5. The van der Waals surface area contributed by atoms with E-state index < -0.39 is 0 Å². The van der Waals surface area contributed by atoms with Crippen LogP contribution in [0.3, 0.4) is 0 Å². The molecule has 30 heavy (non-hydrogen) atoms. The summed E-state index contributed by atoms with van der Waals surface area (Å²) in [5.41, 5.74) is 1.76. The van der Waals surface area contributed by atoms with Crippen LogP contribution in [0, 0.1) is 0 Å². The van der Waals surface area contributed by atoms with Crippen molar-refractivity contribution in [2.24, 2.45) is 14.1 Å². The SMILES string of the molecule is Cn1cnc2c1c(=O)n(CCCN1CCN(CCc3ccccc3)CC1)c(=O)n2C. The quantitative estimate of drug-likeness (QED) is 0.573. The molecule has 8 nitrogen and oxygen atoms in total. The Kier molecular flexibility index (Phi) is 6.15. The van der Waals surface area contributed by atoms with Crippen molar-refractivity contribution in [1.29, 1.82) is 0 Å². The number of hydrogen-bond acceptors (Lipinski definition) is 5. The zero-order valence-corrected chi connectivity index (χ0v) is 17.8. The van der Waals surface area contributed by atoms with Crippen LogP contribution >= 0.6 is 0 Å². The summed E-state index contributed by atoms with van der Waals surface area (Å²) in [4.78, 5) is 34.5. The summed E-state index contributed by atoms with van der Waals surface area (Å²) in [6.07, 6.45) is 3.44. The Hall–Kier alpha value is -2.71. The summed E-state index contributed by atoms with van der Waals surface area (Å²) >= 11 is 0. The summed E-state index contributed by atoms with van der Waals surface area (Å²) < 4.78 is 4.49. The van der Waals surface area contributed by atoms with Gasteiger partial charge in [-0.05, 0) is 24.9 Å². The fraction of sp³-hybridized carbons (Fsp3) is 0.500.